The van der Waals surface area contributed by atoms with E-state index in [4.69, 9.17) is 10.6 Å². The summed E-state index contributed by atoms with van der Waals surface area (Å²) < 4.78 is 5.93. The highest BCUT2D eigenvalue weighted by Crippen LogP contribution is 2.27. The fourth-order valence-corrected chi connectivity index (χ4v) is 2.15. The van der Waals surface area contributed by atoms with Gasteiger partial charge in [-0.15, -0.1) is 0 Å². The Labute approximate surface area is 97.2 Å². The van der Waals surface area contributed by atoms with Crippen molar-refractivity contribution in [3.05, 3.63) is 29.8 Å². The number of ether oxygens (including phenoxy) is 1. The minimum atomic E-state index is 0.242. The molecule has 1 heterocycles. The molecule has 1 aromatic rings. The Morgan fingerprint density at radius 1 is 1.44 bits per heavy atom. The first-order chi connectivity index (χ1) is 7.79. The van der Waals surface area contributed by atoms with Crippen molar-refractivity contribution >= 4 is 0 Å². The van der Waals surface area contributed by atoms with E-state index in [1.165, 1.54) is 5.56 Å². The van der Waals surface area contributed by atoms with Crippen LogP contribution in [0.5, 0.6) is 5.75 Å². The predicted octanol–water partition coefficient (Wildman–Crippen LogP) is 1.97. The van der Waals surface area contributed by atoms with Gasteiger partial charge in [0.1, 0.15) is 11.9 Å². The summed E-state index contributed by atoms with van der Waals surface area (Å²) in [4.78, 5) is 0. The molecule has 0 aliphatic carbocycles. The van der Waals surface area contributed by atoms with E-state index in [-0.39, 0.29) is 6.10 Å². The van der Waals surface area contributed by atoms with E-state index in [1.54, 1.807) is 0 Å². The second-order valence-electron chi connectivity index (χ2n) is 4.38. The molecule has 0 spiro atoms. The van der Waals surface area contributed by atoms with Crippen LogP contribution < -0.4 is 10.6 Å². The molecule has 1 aliphatic rings. The number of aryl methyl sites for hydroxylation is 1. The lowest BCUT2D eigenvalue weighted by atomic mass is 10.0. The molecule has 0 saturated carbocycles. The van der Waals surface area contributed by atoms with Gasteiger partial charge in [0.2, 0.25) is 0 Å². The minimum Gasteiger partial charge on any atom is -0.489 e. The summed E-state index contributed by atoms with van der Waals surface area (Å²) in [5, 5.41) is 1.86. The molecule has 1 aromatic carbocycles. The zero-order valence-corrected chi connectivity index (χ0v) is 9.86. The van der Waals surface area contributed by atoms with Gasteiger partial charge in [0.05, 0.1) is 0 Å². The van der Waals surface area contributed by atoms with Gasteiger partial charge in [0.15, 0.2) is 0 Å². The maximum Gasteiger partial charge on any atom is 0.122 e. The smallest absolute Gasteiger partial charge is 0.122 e. The number of para-hydroxylation sites is 1. The van der Waals surface area contributed by atoms with Crippen molar-refractivity contribution in [2.24, 2.45) is 5.84 Å². The molecular weight excluding hydrogens is 200 g/mol. The number of fused-ring (bicyclic) bond motifs is 1. The summed E-state index contributed by atoms with van der Waals surface area (Å²) >= 11 is 0. The molecule has 1 unspecified atom stereocenters. The van der Waals surface area contributed by atoms with Crippen molar-refractivity contribution < 1.29 is 4.74 Å². The van der Waals surface area contributed by atoms with Crippen LogP contribution in [-0.2, 0) is 6.42 Å². The molecule has 88 valence electrons. The summed E-state index contributed by atoms with van der Waals surface area (Å²) in [6, 6.07) is 8.27. The Kier molecular flexibility index (Phi) is 3.80. The maximum absolute atomic E-state index is 5.93. The minimum absolute atomic E-state index is 0.242. The lowest BCUT2D eigenvalue weighted by molar-refractivity contribution is 0.114. The van der Waals surface area contributed by atoms with Gasteiger partial charge in [-0.3, -0.25) is 5.84 Å². The van der Waals surface area contributed by atoms with E-state index < -0.39 is 0 Å². The average Bonchev–Trinajstić information content (AvgIpc) is 2.29. The van der Waals surface area contributed by atoms with E-state index in [2.05, 4.69) is 19.1 Å². The first-order valence-electron chi connectivity index (χ1n) is 6.03. The number of hydrogen-bond donors (Lipinski definition) is 1. The van der Waals surface area contributed by atoms with E-state index in [1.807, 2.05) is 17.1 Å². The second kappa shape index (κ2) is 5.32. The summed E-state index contributed by atoms with van der Waals surface area (Å²) in [5.74, 6) is 6.92. The zero-order valence-electron chi connectivity index (χ0n) is 9.86. The quantitative estimate of drug-likeness (QED) is 0.623. The van der Waals surface area contributed by atoms with Crippen LogP contribution in [0.15, 0.2) is 24.3 Å². The van der Waals surface area contributed by atoms with Gasteiger partial charge in [0.25, 0.3) is 0 Å². The van der Waals surface area contributed by atoms with Crippen LogP contribution in [-0.4, -0.2) is 24.2 Å². The largest absolute Gasteiger partial charge is 0.489 e. The van der Waals surface area contributed by atoms with Crippen LogP contribution in [0.4, 0.5) is 0 Å². The van der Waals surface area contributed by atoms with Crippen LogP contribution in [0.1, 0.15) is 25.3 Å². The van der Waals surface area contributed by atoms with E-state index in [9.17, 15) is 0 Å². The molecule has 0 saturated heterocycles. The molecular formula is C13H20N2O. The third-order valence-corrected chi connectivity index (χ3v) is 2.95. The third kappa shape index (κ3) is 2.74. The lowest BCUT2D eigenvalue weighted by Gasteiger charge is -2.29. The first kappa shape index (κ1) is 11.4. The lowest BCUT2D eigenvalue weighted by Crippen LogP contribution is -2.41. The first-order valence-corrected chi connectivity index (χ1v) is 6.03. The van der Waals surface area contributed by atoms with Gasteiger partial charge in [0, 0.05) is 13.1 Å². The van der Waals surface area contributed by atoms with Crippen LogP contribution in [0, 0.1) is 0 Å². The Bertz CT molecular complexity index is 340. The summed E-state index contributed by atoms with van der Waals surface area (Å²) in [6.45, 7) is 3.89. The predicted molar refractivity (Wildman–Crippen MR) is 65.2 cm³/mol. The number of hydrogen-bond acceptors (Lipinski definition) is 3. The summed E-state index contributed by atoms with van der Waals surface area (Å²) in [6.07, 6.45) is 3.49. The van der Waals surface area contributed by atoms with E-state index >= 15 is 0 Å². The Morgan fingerprint density at radius 3 is 3.06 bits per heavy atom. The molecule has 1 atom stereocenters. The SMILES string of the molecule is CCCN(N)CC1CCc2ccccc2O1. The molecule has 0 radical (unpaired) electrons. The van der Waals surface area contributed by atoms with Crippen molar-refractivity contribution in [1.82, 2.24) is 5.01 Å². The van der Waals surface area contributed by atoms with Gasteiger partial charge in [-0.25, -0.2) is 5.01 Å². The highest BCUT2D eigenvalue weighted by molar-refractivity contribution is 5.35. The average molecular weight is 220 g/mol. The molecule has 0 amide bonds. The topological polar surface area (TPSA) is 38.5 Å². The zero-order chi connectivity index (χ0) is 11.4. The number of benzene rings is 1. The van der Waals surface area contributed by atoms with Crippen molar-refractivity contribution in [3.63, 3.8) is 0 Å². The number of rotatable bonds is 4. The van der Waals surface area contributed by atoms with Gasteiger partial charge in [-0.05, 0) is 30.9 Å². The molecule has 16 heavy (non-hydrogen) atoms. The fraction of sp³-hybridized carbons (Fsp3) is 0.538. The number of nitrogens with two attached hydrogens (primary N) is 1. The number of hydrazine groups is 1. The van der Waals surface area contributed by atoms with E-state index in [0.717, 1.165) is 38.1 Å². The molecule has 2 rings (SSSR count). The summed E-state index contributed by atoms with van der Waals surface area (Å²) in [5.41, 5.74) is 1.32. The van der Waals surface area contributed by atoms with Crippen LogP contribution in [0.2, 0.25) is 0 Å². The molecule has 3 heteroatoms. The molecule has 1 aliphatic heterocycles. The van der Waals surface area contributed by atoms with Crippen LogP contribution in [0.25, 0.3) is 0 Å². The fourth-order valence-electron chi connectivity index (χ4n) is 2.15. The summed E-state index contributed by atoms with van der Waals surface area (Å²) in [7, 11) is 0. The third-order valence-electron chi connectivity index (χ3n) is 2.95. The Hall–Kier alpha value is -1.06. The van der Waals surface area contributed by atoms with Crippen LogP contribution >= 0.6 is 0 Å². The van der Waals surface area contributed by atoms with Crippen molar-refractivity contribution in [2.75, 3.05) is 13.1 Å². The second-order valence-corrected chi connectivity index (χ2v) is 4.38. The van der Waals surface area contributed by atoms with Gasteiger partial charge in [-0.2, -0.15) is 0 Å². The highest BCUT2D eigenvalue weighted by Gasteiger charge is 2.20. The molecule has 3 nitrogen and oxygen atoms in total. The standard InChI is InChI=1S/C13H20N2O/c1-2-9-15(14)10-12-8-7-11-5-3-4-6-13(11)16-12/h3-6,12H,2,7-10,14H2,1H3. The highest BCUT2D eigenvalue weighted by atomic mass is 16.5. The van der Waals surface area contributed by atoms with Crippen LogP contribution in [0.3, 0.4) is 0 Å². The van der Waals surface area contributed by atoms with Gasteiger partial charge < -0.3 is 4.74 Å². The molecule has 2 N–H and O–H groups in total. The maximum atomic E-state index is 5.93. The molecule has 0 bridgehead atoms. The van der Waals surface area contributed by atoms with E-state index in [0.29, 0.717) is 0 Å². The van der Waals surface area contributed by atoms with Crippen molar-refractivity contribution in [2.45, 2.75) is 32.3 Å². The normalized spacial score (nSPS) is 19.3. The number of nitrogens with zero attached hydrogens (tertiary/aromatic N) is 1. The monoisotopic (exact) mass is 220 g/mol. The van der Waals surface area contributed by atoms with Gasteiger partial charge >= 0.3 is 0 Å². The molecule has 0 fully saturated rings. The van der Waals surface area contributed by atoms with Gasteiger partial charge in [-0.1, -0.05) is 25.1 Å². The van der Waals surface area contributed by atoms with Crippen molar-refractivity contribution in [3.8, 4) is 5.75 Å². The Balaban J connectivity index is 1.92. The van der Waals surface area contributed by atoms with Crippen molar-refractivity contribution in [1.29, 1.82) is 0 Å². The Morgan fingerprint density at radius 2 is 2.25 bits per heavy atom. The molecule has 0 aromatic heterocycles.